The minimum Gasteiger partial charge on any atom is -0.476 e. The molecule has 3 heterocycles. The lowest BCUT2D eigenvalue weighted by molar-refractivity contribution is -0.202. The number of aliphatic hydroxyl groups is 1. The first-order valence-corrected chi connectivity index (χ1v) is 16.5. The third kappa shape index (κ3) is 6.86. The first kappa shape index (κ1) is 33.7. The topological polar surface area (TPSA) is 156 Å². The third-order valence-electron chi connectivity index (χ3n) is 7.67. The molecule has 6 atom stereocenters. The van der Waals surface area contributed by atoms with Gasteiger partial charge in [0.05, 0.1) is 12.9 Å². The smallest absolute Gasteiger partial charge is 0.459 e. The van der Waals surface area contributed by atoms with Crippen molar-refractivity contribution in [3.8, 4) is 24.0 Å². The number of rotatable bonds is 12. The molecule has 1 aromatic carbocycles. The summed E-state index contributed by atoms with van der Waals surface area (Å²) < 4.78 is 75.3. The zero-order valence-electron chi connectivity index (χ0n) is 25.6. The second-order valence-electron chi connectivity index (χ2n) is 11.1. The molecule has 0 bridgehead atoms. The van der Waals surface area contributed by atoms with E-state index in [1.54, 1.807) is 38.0 Å². The van der Waals surface area contributed by atoms with Gasteiger partial charge in [-0.2, -0.15) is 10.1 Å². The number of nitrogens with one attached hydrogen (secondary N) is 1. The lowest BCUT2D eigenvalue weighted by atomic mass is 9.96. The van der Waals surface area contributed by atoms with E-state index in [0.717, 1.165) is 30.2 Å². The maximum Gasteiger partial charge on any atom is 0.459 e. The average Bonchev–Trinajstić information content (AvgIpc) is 3.54. The molecule has 16 heteroatoms. The molecular weight excluding hydrogens is 627 g/mol. The van der Waals surface area contributed by atoms with Crippen LogP contribution < -0.4 is 14.3 Å². The number of carbonyl (C=O) groups excluding carboxylic acids is 1. The van der Waals surface area contributed by atoms with Crippen LogP contribution in [-0.2, 0) is 23.4 Å². The zero-order valence-corrected chi connectivity index (χ0v) is 26.5. The molecule has 3 aromatic rings. The van der Waals surface area contributed by atoms with Gasteiger partial charge in [0.15, 0.2) is 23.5 Å². The van der Waals surface area contributed by atoms with Crippen LogP contribution >= 0.6 is 7.75 Å². The molecule has 2 fully saturated rings. The number of aliphatic hydroxyl groups excluding tert-OH is 1. The number of alkyl halides is 2. The Kier molecular flexibility index (Phi) is 9.95. The van der Waals surface area contributed by atoms with Crippen LogP contribution in [0, 0.1) is 19.3 Å². The summed E-state index contributed by atoms with van der Waals surface area (Å²) in [6.07, 6.45) is 5.96. The van der Waals surface area contributed by atoms with Crippen molar-refractivity contribution in [1.82, 2.24) is 24.6 Å². The molecule has 0 amide bonds. The van der Waals surface area contributed by atoms with Crippen LogP contribution in [0.25, 0.3) is 11.2 Å². The first-order chi connectivity index (χ1) is 21.9. The summed E-state index contributed by atoms with van der Waals surface area (Å²) in [5, 5.41) is 13.4. The number of aromatic nitrogens is 4. The van der Waals surface area contributed by atoms with Gasteiger partial charge in [-0.05, 0) is 58.6 Å². The minimum absolute atomic E-state index is 0.000598. The highest BCUT2D eigenvalue weighted by molar-refractivity contribution is 7.52. The number of para-hydroxylation sites is 1. The Morgan fingerprint density at radius 2 is 1.98 bits per heavy atom. The van der Waals surface area contributed by atoms with Crippen molar-refractivity contribution in [2.24, 2.45) is 0 Å². The van der Waals surface area contributed by atoms with Crippen LogP contribution in [0.4, 0.5) is 8.78 Å². The molecule has 1 saturated heterocycles. The van der Waals surface area contributed by atoms with Gasteiger partial charge < -0.3 is 23.8 Å². The summed E-state index contributed by atoms with van der Waals surface area (Å²) in [5.74, 6) is -1.91. The van der Waals surface area contributed by atoms with Crippen LogP contribution in [0.3, 0.4) is 0 Å². The van der Waals surface area contributed by atoms with Crippen molar-refractivity contribution in [3.05, 3.63) is 42.5 Å². The van der Waals surface area contributed by atoms with Gasteiger partial charge >= 0.3 is 13.7 Å². The van der Waals surface area contributed by atoms with Crippen molar-refractivity contribution < 1.29 is 46.5 Å². The monoisotopic (exact) mass is 663 g/mol. The largest absolute Gasteiger partial charge is 0.476 e. The van der Waals surface area contributed by atoms with Crippen molar-refractivity contribution in [2.75, 3.05) is 13.2 Å². The number of benzene rings is 1. The molecule has 13 nitrogen and oxygen atoms in total. The number of aryl methyl sites for hydroxylation is 1. The highest BCUT2D eigenvalue weighted by atomic mass is 31.2. The molecule has 1 aliphatic carbocycles. The van der Waals surface area contributed by atoms with Crippen LogP contribution in [-0.4, -0.2) is 73.6 Å². The quantitative estimate of drug-likeness (QED) is 0.159. The highest BCUT2D eigenvalue weighted by Gasteiger charge is 2.67. The second kappa shape index (κ2) is 13.6. The molecule has 2 aliphatic rings. The fraction of sp³-hybridized carbons (Fsp3) is 0.533. The Morgan fingerprint density at radius 1 is 1.26 bits per heavy atom. The Balaban J connectivity index is 1.39. The molecule has 5 rings (SSSR count). The minimum atomic E-state index is -4.63. The summed E-state index contributed by atoms with van der Waals surface area (Å²) in [7, 11) is -4.63. The molecule has 0 spiro atoms. The summed E-state index contributed by atoms with van der Waals surface area (Å²) in [5.41, 5.74) is -3.05. The standard InChI is InChI=1S/C30H36F2N5O8P/c1-5-29(31)27(39)30(32,44-28(29)37-18-33-23-24(37)34-20(4)35-25(23)41-6-2)17-42-46(40,45-22-15-11-8-12-16-22)36-19(3)26(38)43-21-13-9-7-10-14-21/h1,8,11-12,15-16,18-19,21,27-28,39H,6-7,9-10,13-14,17H2,2-4H3,(H,36,40)/t19?,27-,28+,29+,30+,46+/m0/s1. The van der Waals surface area contributed by atoms with Crippen LogP contribution in [0.1, 0.15) is 58.0 Å². The van der Waals surface area contributed by atoms with E-state index >= 15 is 8.78 Å². The number of nitrogens with zero attached hydrogens (tertiary/aromatic N) is 4. The van der Waals surface area contributed by atoms with E-state index in [0.29, 0.717) is 12.8 Å². The predicted molar refractivity (Wildman–Crippen MR) is 160 cm³/mol. The summed E-state index contributed by atoms with van der Waals surface area (Å²) >= 11 is 0. The van der Waals surface area contributed by atoms with E-state index in [1.807, 2.05) is 0 Å². The Hall–Kier alpha value is -3.67. The molecule has 248 valence electrons. The Bertz CT molecular complexity index is 1630. The molecular formula is C30H36F2N5O8P. The fourth-order valence-electron chi connectivity index (χ4n) is 5.33. The average molecular weight is 664 g/mol. The van der Waals surface area contributed by atoms with E-state index in [1.165, 1.54) is 19.1 Å². The molecule has 2 aromatic heterocycles. The first-order valence-electron chi connectivity index (χ1n) is 14.9. The maximum absolute atomic E-state index is 16.5. The molecule has 2 N–H and O–H groups in total. The van der Waals surface area contributed by atoms with Crippen molar-refractivity contribution >= 4 is 24.9 Å². The predicted octanol–water partition coefficient (Wildman–Crippen LogP) is 4.49. The second-order valence-corrected chi connectivity index (χ2v) is 12.8. The molecule has 1 saturated carbocycles. The van der Waals surface area contributed by atoms with Crippen molar-refractivity contribution in [2.45, 2.75) is 88.9 Å². The van der Waals surface area contributed by atoms with Crippen molar-refractivity contribution in [3.63, 3.8) is 0 Å². The molecule has 0 radical (unpaired) electrons. The number of terminal acetylenes is 1. The lowest BCUT2D eigenvalue weighted by Crippen LogP contribution is -2.48. The van der Waals surface area contributed by atoms with Gasteiger partial charge in [-0.15, -0.1) is 6.42 Å². The summed E-state index contributed by atoms with van der Waals surface area (Å²) in [4.78, 5) is 25.5. The maximum atomic E-state index is 16.5. The number of carbonyl (C=O) groups is 1. The summed E-state index contributed by atoms with van der Waals surface area (Å²) in [6.45, 7) is 3.59. The normalized spacial score (nSPS) is 27.1. The molecule has 46 heavy (non-hydrogen) atoms. The molecule has 1 aliphatic heterocycles. The number of hydrogen-bond donors (Lipinski definition) is 2. The zero-order chi connectivity index (χ0) is 33.1. The van der Waals surface area contributed by atoms with Gasteiger partial charge in [0, 0.05) is 0 Å². The van der Waals surface area contributed by atoms with E-state index in [-0.39, 0.29) is 41.3 Å². The van der Waals surface area contributed by atoms with Crippen LogP contribution in [0.5, 0.6) is 11.6 Å². The number of esters is 1. The van der Waals surface area contributed by atoms with Gasteiger partial charge in [-0.1, -0.05) is 30.5 Å². The Labute approximate surface area is 264 Å². The van der Waals surface area contributed by atoms with Gasteiger partial charge in [0.2, 0.25) is 11.5 Å². The highest BCUT2D eigenvalue weighted by Crippen LogP contribution is 2.52. The number of fused-ring (bicyclic) bond motifs is 1. The van der Waals surface area contributed by atoms with Gasteiger partial charge in [0.1, 0.15) is 30.3 Å². The number of halogens is 2. The van der Waals surface area contributed by atoms with Crippen LogP contribution in [0.15, 0.2) is 36.7 Å². The van der Waals surface area contributed by atoms with Crippen molar-refractivity contribution in [1.29, 1.82) is 0 Å². The van der Waals surface area contributed by atoms with Gasteiger partial charge in [0.25, 0.3) is 5.85 Å². The van der Waals surface area contributed by atoms with Gasteiger partial charge in [-0.3, -0.25) is 13.9 Å². The lowest BCUT2D eigenvalue weighted by Gasteiger charge is -2.28. The third-order valence-corrected chi connectivity index (χ3v) is 9.29. The molecule has 1 unspecified atom stereocenters. The SMILES string of the molecule is C#C[C@]1(F)[C@H](n2cnc3c(OCC)nc(C)nc32)O[C@](F)(CO[P@](=O)(NC(C)C(=O)OC2CCCCC2)Oc2ccccc2)[C@H]1O. The van der Waals surface area contributed by atoms with E-state index in [9.17, 15) is 14.5 Å². The van der Waals surface area contributed by atoms with Gasteiger partial charge in [-0.25, -0.2) is 23.3 Å². The number of imidazole rings is 1. The van der Waals surface area contributed by atoms with E-state index in [4.69, 9.17) is 29.7 Å². The number of hydrogen-bond acceptors (Lipinski definition) is 11. The van der Waals surface area contributed by atoms with E-state index < -0.39 is 50.2 Å². The Morgan fingerprint density at radius 3 is 2.65 bits per heavy atom. The summed E-state index contributed by atoms with van der Waals surface area (Å²) in [6, 6.07) is 6.56. The van der Waals surface area contributed by atoms with Crippen LogP contribution in [0.2, 0.25) is 0 Å². The number of ether oxygens (including phenoxy) is 3. The van der Waals surface area contributed by atoms with E-state index in [2.05, 4.69) is 20.0 Å². The fourth-order valence-corrected chi connectivity index (χ4v) is 6.84.